The van der Waals surface area contributed by atoms with Gasteiger partial charge in [0.25, 0.3) is 0 Å². The summed E-state index contributed by atoms with van der Waals surface area (Å²) in [6.45, 7) is 0. The maximum absolute atomic E-state index is 6.30. The van der Waals surface area contributed by atoms with Crippen LogP contribution in [0.2, 0.25) is 0 Å². The van der Waals surface area contributed by atoms with Crippen molar-refractivity contribution in [2.24, 2.45) is 0 Å². The SMILES string of the molecule is [B].c1ccc(-c2c3ccccc3c(-c3ccc4oc5cc6ccccc6cc5c4c3)c3ccccc23)cc1. The Balaban J connectivity index is 0.00000242. The minimum Gasteiger partial charge on any atom is -0.456 e. The number of furan rings is 1. The van der Waals surface area contributed by atoms with Crippen LogP contribution in [0.5, 0.6) is 0 Å². The monoisotopic (exact) mass is 481 g/mol. The van der Waals surface area contributed by atoms with E-state index in [0.717, 1.165) is 21.9 Å². The molecular formula is C36H22BO. The molecule has 8 rings (SSSR count). The second-order valence-electron chi connectivity index (χ2n) is 9.72. The fraction of sp³-hybridized carbons (Fsp3) is 0. The van der Waals surface area contributed by atoms with E-state index in [-0.39, 0.29) is 8.41 Å². The van der Waals surface area contributed by atoms with Crippen LogP contribution in [0, 0.1) is 0 Å². The van der Waals surface area contributed by atoms with Crippen molar-refractivity contribution in [2.45, 2.75) is 0 Å². The summed E-state index contributed by atoms with van der Waals surface area (Å²) in [5.74, 6) is 0. The highest BCUT2D eigenvalue weighted by atomic mass is 16.3. The largest absolute Gasteiger partial charge is 0.456 e. The molecule has 8 aromatic rings. The van der Waals surface area contributed by atoms with Gasteiger partial charge in [0.15, 0.2) is 0 Å². The summed E-state index contributed by atoms with van der Waals surface area (Å²) in [4.78, 5) is 0. The first-order valence-corrected chi connectivity index (χ1v) is 12.7. The molecule has 0 unspecified atom stereocenters. The fourth-order valence-electron chi connectivity index (χ4n) is 5.97. The maximum Gasteiger partial charge on any atom is 0.136 e. The number of hydrogen-bond acceptors (Lipinski definition) is 1. The highest BCUT2D eigenvalue weighted by Gasteiger charge is 2.17. The van der Waals surface area contributed by atoms with Crippen LogP contribution in [0.25, 0.3) is 76.5 Å². The van der Waals surface area contributed by atoms with Gasteiger partial charge in [0.2, 0.25) is 0 Å². The minimum atomic E-state index is 0. The van der Waals surface area contributed by atoms with E-state index in [1.807, 2.05) is 0 Å². The first kappa shape index (κ1) is 22.4. The predicted octanol–water partition coefficient (Wildman–Crippen LogP) is 10.00. The van der Waals surface area contributed by atoms with Gasteiger partial charge in [0.05, 0.1) is 0 Å². The van der Waals surface area contributed by atoms with E-state index in [1.165, 1.54) is 54.6 Å². The van der Waals surface area contributed by atoms with Gasteiger partial charge in [-0.3, -0.25) is 0 Å². The molecule has 0 amide bonds. The molecule has 0 aliphatic rings. The lowest BCUT2D eigenvalue weighted by atomic mass is 9.86. The third-order valence-corrected chi connectivity index (χ3v) is 7.62. The van der Waals surface area contributed by atoms with Crippen LogP contribution in [0.15, 0.2) is 138 Å². The van der Waals surface area contributed by atoms with Crippen molar-refractivity contribution in [1.29, 1.82) is 0 Å². The van der Waals surface area contributed by atoms with Crippen LogP contribution in [0.4, 0.5) is 0 Å². The number of hydrogen-bond donors (Lipinski definition) is 0. The average Bonchev–Trinajstić information content (AvgIpc) is 3.31. The normalized spacial score (nSPS) is 11.5. The molecule has 0 atom stereocenters. The Morgan fingerprint density at radius 2 is 0.842 bits per heavy atom. The molecule has 38 heavy (non-hydrogen) atoms. The van der Waals surface area contributed by atoms with Gasteiger partial charge in [-0.1, -0.05) is 109 Å². The maximum atomic E-state index is 6.30. The Labute approximate surface area is 222 Å². The van der Waals surface area contributed by atoms with Crippen LogP contribution >= 0.6 is 0 Å². The fourth-order valence-corrected chi connectivity index (χ4v) is 5.97. The lowest BCUT2D eigenvalue weighted by Crippen LogP contribution is -1.90. The molecule has 1 aromatic heterocycles. The average molecular weight is 481 g/mol. The molecule has 0 saturated carbocycles. The lowest BCUT2D eigenvalue weighted by molar-refractivity contribution is 0.669. The summed E-state index contributed by atoms with van der Waals surface area (Å²) in [5, 5.41) is 9.80. The zero-order valence-corrected chi connectivity index (χ0v) is 20.7. The molecule has 175 valence electrons. The van der Waals surface area contributed by atoms with Gasteiger partial charge in [-0.05, 0) is 78.8 Å². The Hall–Kier alpha value is -4.82. The van der Waals surface area contributed by atoms with Crippen molar-refractivity contribution in [1.82, 2.24) is 0 Å². The molecule has 7 aromatic carbocycles. The van der Waals surface area contributed by atoms with Crippen molar-refractivity contribution in [3.63, 3.8) is 0 Å². The highest BCUT2D eigenvalue weighted by molar-refractivity contribution is 6.22. The first-order chi connectivity index (χ1) is 18.3. The second kappa shape index (κ2) is 8.64. The smallest absolute Gasteiger partial charge is 0.136 e. The van der Waals surface area contributed by atoms with Crippen molar-refractivity contribution in [2.75, 3.05) is 0 Å². The number of fused-ring (bicyclic) bond motifs is 6. The van der Waals surface area contributed by atoms with Crippen LogP contribution in [-0.4, -0.2) is 8.41 Å². The third-order valence-electron chi connectivity index (χ3n) is 7.62. The van der Waals surface area contributed by atoms with Gasteiger partial charge >= 0.3 is 0 Å². The molecule has 0 aliphatic carbocycles. The van der Waals surface area contributed by atoms with Gasteiger partial charge in [-0.25, -0.2) is 0 Å². The predicted molar refractivity (Wildman–Crippen MR) is 163 cm³/mol. The van der Waals surface area contributed by atoms with Crippen LogP contribution in [-0.2, 0) is 0 Å². The Bertz CT molecular complexity index is 2080. The number of rotatable bonds is 2. The molecule has 2 heteroatoms. The summed E-state index contributed by atoms with van der Waals surface area (Å²) < 4.78 is 6.30. The zero-order chi connectivity index (χ0) is 24.3. The van der Waals surface area contributed by atoms with Gasteiger partial charge in [-0.2, -0.15) is 0 Å². The van der Waals surface area contributed by atoms with Gasteiger partial charge < -0.3 is 4.42 Å². The Morgan fingerprint density at radius 3 is 1.47 bits per heavy atom. The van der Waals surface area contributed by atoms with Crippen molar-refractivity contribution in [3.8, 4) is 22.3 Å². The number of benzene rings is 7. The van der Waals surface area contributed by atoms with E-state index >= 15 is 0 Å². The molecule has 0 N–H and O–H groups in total. The van der Waals surface area contributed by atoms with E-state index in [4.69, 9.17) is 4.42 Å². The van der Waals surface area contributed by atoms with E-state index < -0.39 is 0 Å². The zero-order valence-electron chi connectivity index (χ0n) is 20.7. The van der Waals surface area contributed by atoms with E-state index in [1.54, 1.807) is 0 Å². The van der Waals surface area contributed by atoms with Crippen molar-refractivity contribution in [3.05, 3.63) is 133 Å². The third kappa shape index (κ3) is 3.27. The van der Waals surface area contributed by atoms with E-state index in [9.17, 15) is 0 Å². The molecule has 3 radical (unpaired) electrons. The van der Waals surface area contributed by atoms with Gasteiger partial charge in [0, 0.05) is 19.2 Å². The highest BCUT2D eigenvalue weighted by Crippen LogP contribution is 2.44. The Morgan fingerprint density at radius 1 is 0.342 bits per heavy atom. The van der Waals surface area contributed by atoms with Crippen molar-refractivity contribution < 1.29 is 4.42 Å². The standard InChI is InChI=1S/C36H22O.B/c1-2-10-23(11-3-1)35-27-14-6-8-16-29(27)36(30-17-9-7-15-28(30)35)26-18-19-33-31(21-26)32-20-24-12-4-5-13-25(24)22-34(32)37-33;/h1-22H;. The van der Waals surface area contributed by atoms with Crippen LogP contribution in [0.3, 0.4) is 0 Å². The summed E-state index contributed by atoms with van der Waals surface area (Å²) in [7, 11) is 0. The van der Waals surface area contributed by atoms with E-state index in [0.29, 0.717) is 0 Å². The van der Waals surface area contributed by atoms with Gasteiger partial charge in [0.1, 0.15) is 11.2 Å². The molecule has 1 heterocycles. The lowest BCUT2D eigenvalue weighted by Gasteiger charge is -2.17. The molecule has 0 fully saturated rings. The molecule has 0 aliphatic heterocycles. The minimum absolute atomic E-state index is 0. The van der Waals surface area contributed by atoms with E-state index in [2.05, 4.69) is 133 Å². The van der Waals surface area contributed by atoms with Crippen LogP contribution < -0.4 is 0 Å². The van der Waals surface area contributed by atoms with Crippen molar-refractivity contribution >= 4 is 62.7 Å². The second-order valence-corrected chi connectivity index (χ2v) is 9.72. The summed E-state index contributed by atoms with van der Waals surface area (Å²) in [6, 6.07) is 47.9. The summed E-state index contributed by atoms with van der Waals surface area (Å²) in [6.07, 6.45) is 0. The summed E-state index contributed by atoms with van der Waals surface area (Å²) in [5.41, 5.74) is 6.85. The molecule has 1 nitrogen and oxygen atoms in total. The Kier molecular flexibility index (Phi) is 5.09. The topological polar surface area (TPSA) is 13.1 Å². The van der Waals surface area contributed by atoms with Crippen LogP contribution in [0.1, 0.15) is 0 Å². The molecule has 0 bridgehead atoms. The molecule has 0 saturated heterocycles. The first-order valence-electron chi connectivity index (χ1n) is 12.7. The molecule has 0 spiro atoms. The molecular weight excluding hydrogens is 459 g/mol. The quantitative estimate of drug-likeness (QED) is 0.177. The summed E-state index contributed by atoms with van der Waals surface area (Å²) >= 11 is 0. The van der Waals surface area contributed by atoms with Gasteiger partial charge in [-0.15, -0.1) is 0 Å².